The number of benzene rings is 2. The molecule has 6 nitrogen and oxygen atoms in total. The molecule has 0 aromatic heterocycles. The normalized spacial score (nSPS) is 12.4. The Kier molecular flexibility index (Phi) is 12.0. The van der Waals surface area contributed by atoms with Crippen molar-refractivity contribution in [2.45, 2.75) is 60.5 Å². The lowest BCUT2D eigenvalue weighted by Gasteiger charge is -2.53. The van der Waals surface area contributed by atoms with Crippen molar-refractivity contribution in [1.29, 1.82) is 0 Å². The predicted octanol–water partition coefficient (Wildman–Crippen LogP) is 5.60. The van der Waals surface area contributed by atoms with Gasteiger partial charge in [0.05, 0.1) is 16.7 Å². The molecule has 0 aliphatic rings. The van der Waals surface area contributed by atoms with E-state index in [0.717, 1.165) is 6.42 Å². The molecule has 0 radical (unpaired) electrons. The summed E-state index contributed by atoms with van der Waals surface area (Å²) in [6, 6.07) is 16.6. The van der Waals surface area contributed by atoms with Crippen LogP contribution in [0, 0.1) is 16.7 Å². The smallest absolute Gasteiger partial charge is 0.335 e. The highest BCUT2D eigenvalue weighted by Gasteiger charge is 2.53. The molecule has 0 spiro atoms. The van der Waals surface area contributed by atoms with Gasteiger partial charge in [0, 0.05) is 12.5 Å². The summed E-state index contributed by atoms with van der Waals surface area (Å²) in [5, 5.41) is 37.2. The molecule has 1 atom stereocenters. The molecule has 0 saturated carbocycles. The molecule has 0 heterocycles. The molecule has 2 aromatic rings. The summed E-state index contributed by atoms with van der Waals surface area (Å²) in [5.74, 6) is -1.83. The summed E-state index contributed by atoms with van der Waals surface area (Å²) in [6.07, 6.45) is 0.793. The van der Waals surface area contributed by atoms with E-state index in [1.54, 1.807) is 60.7 Å². The molecule has 4 N–H and O–H groups in total. The molecular weight excluding hydrogens is 420 g/mol. The van der Waals surface area contributed by atoms with Crippen molar-refractivity contribution in [2.75, 3.05) is 6.61 Å². The van der Waals surface area contributed by atoms with Crippen LogP contribution in [0.5, 0.6) is 0 Å². The van der Waals surface area contributed by atoms with Crippen molar-refractivity contribution < 1.29 is 30.0 Å². The molecule has 6 heteroatoms. The first-order valence-electron chi connectivity index (χ1n) is 11.0. The summed E-state index contributed by atoms with van der Waals surface area (Å²) >= 11 is 0. The van der Waals surface area contributed by atoms with Crippen LogP contribution in [0.25, 0.3) is 0 Å². The first-order valence-corrected chi connectivity index (χ1v) is 11.0. The molecule has 2 aromatic carbocycles. The van der Waals surface area contributed by atoms with E-state index in [2.05, 4.69) is 0 Å². The maximum atomic E-state index is 11.0. The molecule has 0 aliphatic carbocycles. The molecular formula is C27H40O6. The lowest BCUT2D eigenvalue weighted by molar-refractivity contribution is -0.185. The van der Waals surface area contributed by atoms with E-state index in [4.69, 9.17) is 10.2 Å². The van der Waals surface area contributed by atoms with E-state index in [0.29, 0.717) is 11.1 Å². The summed E-state index contributed by atoms with van der Waals surface area (Å²) in [7, 11) is 0. The molecule has 0 fully saturated rings. The van der Waals surface area contributed by atoms with Crippen LogP contribution in [-0.4, -0.2) is 44.6 Å². The van der Waals surface area contributed by atoms with Crippen molar-refractivity contribution in [3.05, 3.63) is 71.8 Å². The zero-order valence-electron chi connectivity index (χ0n) is 20.9. The number of carboxylic acids is 2. The second kappa shape index (κ2) is 13.1. The maximum absolute atomic E-state index is 11.0. The number of aliphatic hydroxyl groups is 2. The quantitative estimate of drug-likeness (QED) is 0.462. The molecule has 184 valence electrons. The molecule has 1 unspecified atom stereocenters. The van der Waals surface area contributed by atoms with Gasteiger partial charge < -0.3 is 20.4 Å². The molecule has 0 saturated heterocycles. The average Bonchev–Trinajstić information content (AvgIpc) is 2.75. The van der Waals surface area contributed by atoms with Gasteiger partial charge in [-0.2, -0.15) is 0 Å². The largest absolute Gasteiger partial charge is 0.478 e. The van der Waals surface area contributed by atoms with E-state index in [-0.39, 0.29) is 23.4 Å². The van der Waals surface area contributed by atoms with Crippen molar-refractivity contribution >= 4 is 11.9 Å². The van der Waals surface area contributed by atoms with Crippen molar-refractivity contribution in [2.24, 2.45) is 16.7 Å². The molecule has 0 bridgehead atoms. The highest BCUT2D eigenvalue weighted by Crippen LogP contribution is 2.49. The van der Waals surface area contributed by atoms with Crippen LogP contribution in [0.1, 0.15) is 75.6 Å². The number of hydrogen-bond donors (Lipinski definition) is 4. The maximum Gasteiger partial charge on any atom is 0.335 e. The summed E-state index contributed by atoms with van der Waals surface area (Å²) < 4.78 is 0. The summed E-state index contributed by atoms with van der Waals surface area (Å²) in [4.78, 5) is 20.4. The van der Waals surface area contributed by atoms with E-state index in [1.807, 2.05) is 48.5 Å². The molecule has 2 rings (SSSR count). The number of rotatable bonds is 5. The number of aliphatic hydroxyl groups excluding tert-OH is 1. The monoisotopic (exact) mass is 460 g/mol. The Balaban J connectivity index is 0.000000489. The average molecular weight is 461 g/mol. The fraction of sp³-hybridized carbons (Fsp3) is 0.481. The second-order valence-corrected chi connectivity index (χ2v) is 9.90. The summed E-state index contributed by atoms with van der Waals surface area (Å²) in [6.45, 7) is 14.3. The lowest BCUT2D eigenvalue weighted by Crippen LogP contribution is -2.59. The Labute approximate surface area is 197 Å². The molecule has 33 heavy (non-hydrogen) atoms. The van der Waals surface area contributed by atoms with Gasteiger partial charge in [-0.3, -0.25) is 0 Å². The number of carbonyl (C=O) groups is 2. The Morgan fingerprint density at radius 1 is 0.727 bits per heavy atom. The van der Waals surface area contributed by atoms with Gasteiger partial charge >= 0.3 is 11.9 Å². The first-order chi connectivity index (χ1) is 15.1. The van der Waals surface area contributed by atoms with Gasteiger partial charge in [-0.1, -0.05) is 84.9 Å². The van der Waals surface area contributed by atoms with Crippen molar-refractivity contribution in [3.8, 4) is 0 Å². The second-order valence-electron chi connectivity index (χ2n) is 9.90. The van der Waals surface area contributed by atoms with E-state index in [9.17, 15) is 19.8 Å². The molecule has 0 aliphatic heterocycles. The zero-order valence-corrected chi connectivity index (χ0v) is 20.9. The van der Waals surface area contributed by atoms with Crippen LogP contribution in [0.4, 0.5) is 0 Å². The van der Waals surface area contributed by atoms with Crippen LogP contribution < -0.4 is 0 Å². The van der Waals surface area contributed by atoms with Gasteiger partial charge in [0.25, 0.3) is 0 Å². The van der Waals surface area contributed by atoms with Crippen LogP contribution in [0.2, 0.25) is 0 Å². The third kappa shape index (κ3) is 8.98. The number of carboxylic acid groups (broad SMARTS) is 2. The first kappa shape index (κ1) is 30.3. The van der Waals surface area contributed by atoms with Crippen molar-refractivity contribution in [3.63, 3.8) is 0 Å². The zero-order chi connectivity index (χ0) is 25.9. The van der Waals surface area contributed by atoms with Gasteiger partial charge in [-0.25, -0.2) is 9.59 Å². The Morgan fingerprint density at radius 3 is 1.15 bits per heavy atom. The van der Waals surface area contributed by atoms with Gasteiger partial charge in [0.1, 0.15) is 0 Å². The predicted molar refractivity (Wildman–Crippen MR) is 132 cm³/mol. The van der Waals surface area contributed by atoms with Crippen LogP contribution >= 0.6 is 0 Å². The third-order valence-corrected chi connectivity index (χ3v) is 5.63. The van der Waals surface area contributed by atoms with Gasteiger partial charge in [0.15, 0.2) is 0 Å². The van der Waals surface area contributed by atoms with E-state index in [1.165, 1.54) is 0 Å². The van der Waals surface area contributed by atoms with Crippen molar-refractivity contribution in [1.82, 2.24) is 0 Å². The highest BCUT2D eigenvalue weighted by atomic mass is 16.4. The highest BCUT2D eigenvalue weighted by molar-refractivity contribution is 5.87. The SMILES string of the molecule is CCC(CO)C(O)(C(C)(C)C)C(C)(C)C.O=C(O)c1ccccc1.O=C(O)c1ccccc1. The van der Waals surface area contributed by atoms with Gasteiger partial charge in [-0.05, 0) is 41.5 Å². The van der Waals surface area contributed by atoms with Gasteiger partial charge in [0.2, 0.25) is 0 Å². The van der Waals surface area contributed by atoms with E-state index < -0.39 is 17.5 Å². The summed E-state index contributed by atoms with van der Waals surface area (Å²) in [5.41, 5.74) is -0.678. The standard InChI is InChI=1S/C13H28O2.2C7H6O2/c1-8-10(9-14)13(15,11(2,3)4)12(5,6)7;2*8-7(9)6-4-2-1-3-5-6/h10,14-15H,8-9H2,1-7H3;2*1-5H,(H,8,9). The Bertz CT molecular complexity index is 765. The topological polar surface area (TPSA) is 115 Å². The van der Waals surface area contributed by atoms with Crippen LogP contribution in [-0.2, 0) is 0 Å². The fourth-order valence-corrected chi connectivity index (χ4v) is 4.07. The number of hydrogen-bond acceptors (Lipinski definition) is 4. The fourth-order valence-electron chi connectivity index (χ4n) is 4.07. The third-order valence-electron chi connectivity index (χ3n) is 5.63. The van der Waals surface area contributed by atoms with Gasteiger partial charge in [-0.15, -0.1) is 0 Å². The minimum absolute atomic E-state index is 0.0432. The Hall–Kier alpha value is -2.70. The van der Waals surface area contributed by atoms with Crippen LogP contribution in [0.15, 0.2) is 60.7 Å². The molecule has 0 amide bonds. The van der Waals surface area contributed by atoms with Crippen LogP contribution in [0.3, 0.4) is 0 Å². The minimum atomic E-state index is -0.879. The van der Waals surface area contributed by atoms with E-state index >= 15 is 0 Å². The lowest BCUT2D eigenvalue weighted by atomic mass is 9.56. The number of aromatic carboxylic acids is 2. The minimum Gasteiger partial charge on any atom is -0.478 e. The Morgan fingerprint density at radius 2 is 1.03 bits per heavy atom.